The lowest BCUT2D eigenvalue weighted by atomic mass is 10.3. The zero-order valence-electron chi connectivity index (χ0n) is 5.68. The molecule has 0 saturated carbocycles. The van der Waals surface area contributed by atoms with Crippen molar-refractivity contribution in [2.24, 2.45) is 0 Å². The molecular formula is C6H5F3N2. The van der Waals surface area contributed by atoms with Crippen molar-refractivity contribution in [2.75, 3.05) is 7.05 Å². The van der Waals surface area contributed by atoms with Crippen LogP contribution in [-0.2, 0) is 0 Å². The van der Waals surface area contributed by atoms with E-state index in [0.717, 1.165) is 13.1 Å². The Bertz CT molecular complexity index is 243. The summed E-state index contributed by atoms with van der Waals surface area (Å²) in [5, 5.41) is 8.18. The topological polar surface area (TPSA) is 27.0 Å². The third-order valence-corrected chi connectivity index (χ3v) is 1.60. The van der Waals surface area contributed by atoms with Crippen LogP contribution < -0.4 is 0 Å². The summed E-state index contributed by atoms with van der Waals surface area (Å²) in [7, 11) is 0.850. The first-order valence-electron chi connectivity index (χ1n) is 2.85. The van der Waals surface area contributed by atoms with Crippen LogP contribution in [0, 0.1) is 11.3 Å². The second-order valence-electron chi connectivity index (χ2n) is 2.27. The van der Waals surface area contributed by atoms with Gasteiger partial charge in [0.05, 0.1) is 0 Å². The lowest BCUT2D eigenvalue weighted by Crippen LogP contribution is -2.44. The summed E-state index contributed by atoms with van der Waals surface area (Å²) < 4.78 is 37.9. The van der Waals surface area contributed by atoms with Crippen molar-refractivity contribution >= 4 is 0 Å². The third-order valence-electron chi connectivity index (χ3n) is 1.60. The molecule has 60 valence electrons. The highest BCUT2D eigenvalue weighted by Crippen LogP contribution is 2.36. The molecule has 0 spiro atoms. The number of rotatable bonds is 0. The van der Waals surface area contributed by atoms with Crippen LogP contribution in [0.4, 0.5) is 13.2 Å². The van der Waals surface area contributed by atoms with Gasteiger partial charge in [0, 0.05) is 6.08 Å². The van der Waals surface area contributed by atoms with E-state index in [1.807, 2.05) is 0 Å². The second kappa shape index (κ2) is 1.98. The third kappa shape index (κ3) is 0.994. The summed E-state index contributed by atoms with van der Waals surface area (Å²) in [6.07, 6.45) is 0.920. The van der Waals surface area contributed by atoms with Crippen molar-refractivity contribution in [1.82, 2.24) is 4.90 Å². The first kappa shape index (κ1) is 8.08. The van der Waals surface area contributed by atoms with Gasteiger partial charge in [-0.1, -0.05) is 0 Å². The smallest absolute Gasteiger partial charge is 0.204 e. The van der Waals surface area contributed by atoms with Gasteiger partial charge in [0.25, 0.3) is 5.79 Å². The number of nitriles is 1. The summed E-state index contributed by atoms with van der Waals surface area (Å²) in [5.41, 5.74) is 0. The van der Waals surface area contributed by atoms with Crippen LogP contribution in [0.15, 0.2) is 12.2 Å². The van der Waals surface area contributed by atoms with Crippen molar-refractivity contribution in [1.29, 1.82) is 5.26 Å². The van der Waals surface area contributed by atoms with Gasteiger partial charge in [0.1, 0.15) is 6.07 Å². The molecule has 11 heavy (non-hydrogen) atoms. The quantitative estimate of drug-likeness (QED) is 0.396. The maximum Gasteiger partial charge on any atom is 0.328 e. The Labute approximate surface area is 61.5 Å². The van der Waals surface area contributed by atoms with E-state index in [1.165, 1.54) is 0 Å². The molecule has 2 nitrogen and oxygen atoms in total. The van der Waals surface area contributed by atoms with Gasteiger partial charge in [-0.25, -0.2) is 4.39 Å². The van der Waals surface area contributed by atoms with Crippen molar-refractivity contribution in [3.8, 4) is 6.07 Å². The fraction of sp³-hybridized carbons (Fsp3) is 0.500. The predicted octanol–water partition coefficient (Wildman–Crippen LogP) is 1.27. The molecule has 1 unspecified atom stereocenters. The number of likely N-dealkylation sites (N-methyl/N-ethyl adjacent to an activating group) is 1. The molecule has 0 aromatic carbocycles. The Morgan fingerprint density at radius 1 is 1.36 bits per heavy atom. The van der Waals surface area contributed by atoms with Gasteiger partial charge in [-0.2, -0.15) is 18.9 Å². The van der Waals surface area contributed by atoms with E-state index in [4.69, 9.17) is 5.26 Å². The van der Waals surface area contributed by atoms with Gasteiger partial charge >= 0.3 is 6.05 Å². The number of hydrogen-bond donors (Lipinski definition) is 0. The van der Waals surface area contributed by atoms with Gasteiger partial charge in [0.15, 0.2) is 0 Å². The van der Waals surface area contributed by atoms with Crippen molar-refractivity contribution < 1.29 is 13.2 Å². The molecule has 5 heteroatoms. The molecule has 1 atom stereocenters. The lowest BCUT2D eigenvalue weighted by Gasteiger charge is -2.24. The molecule has 1 aliphatic heterocycles. The Hall–Kier alpha value is -1.02. The molecule has 0 fully saturated rings. The molecule has 0 aromatic heterocycles. The molecule has 1 rings (SSSR count). The molecule has 0 amide bonds. The van der Waals surface area contributed by atoms with Gasteiger partial charge in [0.2, 0.25) is 0 Å². The van der Waals surface area contributed by atoms with Crippen LogP contribution in [0.1, 0.15) is 0 Å². The molecule has 0 saturated heterocycles. The van der Waals surface area contributed by atoms with Crippen LogP contribution in [0.3, 0.4) is 0 Å². The SMILES string of the molecule is CN1C(F)(F)C=CC1(F)C#N. The van der Waals surface area contributed by atoms with E-state index in [-0.39, 0.29) is 4.90 Å². The molecule has 1 aliphatic rings. The predicted molar refractivity (Wildman–Crippen MR) is 31.3 cm³/mol. The zero-order valence-corrected chi connectivity index (χ0v) is 5.68. The number of nitrogens with zero attached hydrogens (tertiary/aromatic N) is 2. The Morgan fingerprint density at radius 2 is 1.91 bits per heavy atom. The van der Waals surface area contributed by atoms with Crippen molar-refractivity contribution in [3.63, 3.8) is 0 Å². The first-order chi connectivity index (χ1) is 4.92. The monoisotopic (exact) mass is 162 g/mol. The Balaban J connectivity index is 2.99. The number of hydrogen-bond acceptors (Lipinski definition) is 2. The fourth-order valence-corrected chi connectivity index (χ4v) is 0.764. The minimum Gasteiger partial charge on any atom is -0.204 e. The highest BCUT2D eigenvalue weighted by molar-refractivity contribution is 5.23. The number of halogens is 3. The molecule has 0 bridgehead atoms. The van der Waals surface area contributed by atoms with Crippen LogP contribution >= 0.6 is 0 Å². The van der Waals surface area contributed by atoms with Gasteiger partial charge in [-0.05, 0) is 13.1 Å². The molecular weight excluding hydrogens is 157 g/mol. The molecule has 1 heterocycles. The fourth-order valence-electron chi connectivity index (χ4n) is 0.764. The average Bonchev–Trinajstić information content (AvgIpc) is 2.16. The zero-order chi connectivity index (χ0) is 8.70. The summed E-state index contributed by atoms with van der Waals surface area (Å²) in [6, 6.07) is -2.22. The van der Waals surface area contributed by atoms with Crippen LogP contribution in [0.2, 0.25) is 0 Å². The average molecular weight is 162 g/mol. The Morgan fingerprint density at radius 3 is 2.09 bits per heavy atom. The molecule has 0 aliphatic carbocycles. The summed E-state index contributed by atoms with van der Waals surface area (Å²) in [5.74, 6) is -2.66. The maximum atomic E-state index is 12.9. The Kier molecular flexibility index (Phi) is 1.46. The van der Waals surface area contributed by atoms with E-state index >= 15 is 0 Å². The van der Waals surface area contributed by atoms with Gasteiger partial charge in [-0.15, -0.1) is 0 Å². The maximum absolute atomic E-state index is 12.9. The largest absolute Gasteiger partial charge is 0.328 e. The van der Waals surface area contributed by atoms with Crippen LogP contribution in [-0.4, -0.2) is 23.8 Å². The van der Waals surface area contributed by atoms with E-state index in [0.29, 0.717) is 12.2 Å². The van der Waals surface area contributed by atoms with E-state index in [2.05, 4.69) is 0 Å². The minimum absolute atomic E-state index is 0.0694. The minimum atomic E-state index is -3.36. The standard InChI is InChI=1S/C6H5F3N2/c1-11-5(7,4-10)2-3-6(11,8)9/h2-3H,1H3. The number of alkyl halides is 3. The van der Waals surface area contributed by atoms with Crippen molar-refractivity contribution in [2.45, 2.75) is 11.8 Å². The summed E-state index contributed by atoms with van der Waals surface area (Å²) in [6.45, 7) is 0. The first-order valence-corrected chi connectivity index (χ1v) is 2.85. The van der Waals surface area contributed by atoms with Crippen LogP contribution in [0.5, 0.6) is 0 Å². The summed E-state index contributed by atoms with van der Waals surface area (Å²) in [4.78, 5) is 0.0694. The normalized spacial score (nSPS) is 35.5. The van der Waals surface area contributed by atoms with Gasteiger partial charge < -0.3 is 0 Å². The molecule has 0 aromatic rings. The van der Waals surface area contributed by atoms with Gasteiger partial charge in [-0.3, -0.25) is 0 Å². The second-order valence-corrected chi connectivity index (χ2v) is 2.27. The van der Waals surface area contributed by atoms with E-state index < -0.39 is 11.8 Å². The molecule has 0 radical (unpaired) electrons. The van der Waals surface area contributed by atoms with Crippen LogP contribution in [0.25, 0.3) is 0 Å². The highest BCUT2D eigenvalue weighted by atomic mass is 19.3. The van der Waals surface area contributed by atoms with E-state index in [9.17, 15) is 13.2 Å². The summed E-state index contributed by atoms with van der Waals surface area (Å²) >= 11 is 0. The lowest BCUT2D eigenvalue weighted by molar-refractivity contribution is -0.131. The highest BCUT2D eigenvalue weighted by Gasteiger charge is 2.51. The van der Waals surface area contributed by atoms with E-state index in [1.54, 1.807) is 0 Å². The van der Waals surface area contributed by atoms with Crippen molar-refractivity contribution in [3.05, 3.63) is 12.2 Å². The molecule has 0 N–H and O–H groups in total.